The van der Waals surface area contributed by atoms with Gasteiger partial charge in [0.25, 0.3) is 0 Å². The fraction of sp³-hybridized carbons (Fsp3) is 0.562. The van der Waals surface area contributed by atoms with E-state index in [9.17, 15) is 9.59 Å². The third-order valence-electron chi connectivity index (χ3n) is 3.78. The number of nitrogens with zero attached hydrogens (tertiary/aromatic N) is 2. The van der Waals surface area contributed by atoms with Gasteiger partial charge in [-0.1, -0.05) is 19.9 Å². The van der Waals surface area contributed by atoms with Gasteiger partial charge < -0.3 is 10.2 Å². The van der Waals surface area contributed by atoms with Crippen LogP contribution >= 0.6 is 0 Å². The van der Waals surface area contributed by atoms with Crippen LogP contribution in [-0.4, -0.2) is 33.8 Å². The minimum absolute atomic E-state index is 0.00336. The van der Waals surface area contributed by atoms with Gasteiger partial charge in [0, 0.05) is 18.4 Å². The van der Waals surface area contributed by atoms with Gasteiger partial charge in [-0.2, -0.15) is 0 Å². The van der Waals surface area contributed by atoms with Gasteiger partial charge in [-0.3, -0.25) is 14.6 Å². The Morgan fingerprint density at radius 1 is 1.33 bits per heavy atom. The minimum Gasteiger partial charge on any atom is -0.343 e. The molecule has 0 bridgehead atoms. The van der Waals surface area contributed by atoms with E-state index in [1.807, 2.05) is 32.9 Å². The lowest BCUT2D eigenvalue weighted by molar-refractivity contribution is -0.149. The minimum atomic E-state index is -0.442. The second-order valence-electron chi connectivity index (χ2n) is 6.14. The van der Waals surface area contributed by atoms with Crippen molar-refractivity contribution in [2.24, 2.45) is 5.92 Å². The fourth-order valence-electron chi connectivity index (χ4n) is 2.52. The second kappa shape index (κ2) is 6.24. The van der Waals surface area contributed by atoms with Gasteiger partial charge in [0.1, 0.15) is 12.1 Å². The first kappa shape index (κ1) is 15.5. The molecule has 5 nitrogen and oxygen atoms in total. The zero-order valence-electron chi connectivity index (χ0n) is 13.1. The van der Waals surface area contributed by atoms with Crippen LogP contribution < -0.4 is 5.32 Å². The summed E-state index contributed by atoms with van der Waals surface area (Å²) < 4.78 is 0. The van der Waals surface area contributed by atoms with E-state index in [4.69, 9.17) is 0 Å². The standard InChI is InChI=1S/C16H23N3O2/c1-10(2)7-14-16(21)19(12(4)15(20)18-14)9-13-6-5-11(3)17-8-13/h5-6,8,10,12,14H,7,9H2,1-4H3,(H,18,20). The van der Waals surface area contributed by atoms with E-state index in [2.05, 4.69) is 10.3 Å². The third-order valence-corrected chi connectivity index (χ3v) is 3.78. The summed E-state index contributed by atoms with van der Waals surface area (Å²) in [4.78, 5) is 30.5. The Balaban J connectivity index is 2.16. The number of hydrogen-bond donors (Lipinski definition) is 1. The molecule has 1 aromatic rings. The number of piperazine rings is 1. The van der Waals surface area contributed by atoms with Gasteiger partial charge in [-0.15, -0.1) is 0 Å². The highest BCUT2D eigenvalue weighted by atomic mass is 16.2. The summed E-state index contributed by atoms with van der Waals surface area (Å²) in [6.07, 6.45) is 2.43. The molecule has 1 aliphatic rings. The molecule has 1 fully saturated rings. The maximum Gasteiger partial charge on any atom is 0.246 e. The molecule has 2 amide bonds. The molecule has 21 heavy (non-hydrogen) atoms. The predicted octanol–water partition coefficient (Wildman–Crippen LogP) is 1.65. The molecule has 5 heteroatoms. The first-order valence-electron chi connectivity index (χ1n) is 7.41. The third kappa shape index (κ3) is 3.60. The van der Waals surface area contributed by atoms with Crippen molar-refractivity contribution in [3.05, 3.63) is 29.6 Å². The Bertz CT molecular complexity index is 525. The number of pyridine rings is 1. The van der Waals surface area contributed by atoms with Gasteiger partial charge in [0.15, 0.2) is 0 Å². The maximum absolute atomic E-state index is 12.6. The summed E-state index contributed by atoms with van der Waals surface area (Å²) in [5, 5.41) is 2.83. The SMILES string of the molecule is Cc1ccc(CN2C(=O)C(CC(C)C)NC(=O)C2C)cn1. The molecule has 0 radical (unpaired) electrons. The second-order valence-corrected chi connectivity index (χ2v) is 6.14. The molecule has 0 spiro atoms. The topological polar surface area (TPSA) is 62.3 Å². The number of nitrogens with one attached hydrogen (secondary N) is 1. The molecule has 0 saturated carbocycles. The Hall–Kier alpha value is -1.91. The van der Waals surface area contributed by atoms with E-state index in [0.717, 1.165) is 11.3 Å². The normalized spacial score (nSPS) is 22.6. The van der Waals surface area contributed by atoms with Gasteiger partial charge in [0.2, 0.25) is 11.8 Å². The highest BCUT2D eigenvalue weighted by molar-refractivity contribution is 5.96. The molecule has 1 aliphatic heterocycles. The van der Waals surface area contributed by atoms with Crippen molar-refractivity contribution in [1.82, 2.24) is 15.2 Å². The maximum atomic E-state index is 12.6. The molecule has 2 unspecified atom stereocenters. The summed E-state index contributed by atoms with van der Waals surface area (Å²) in [6.45, 7) is 8.21. The molecule has 114 valence electrons. The van der Waals surface area contributed by atoms with Crippen LogP contribution in [0.2, 0.25) is 0 Å². The lowest BCUT2D eigenvalue weighted by atomic mass is 9.98. The van der Waals surface area contributed by atoms with Crippen molar-refractivity contribution in [2.75, 3.05) is 0 Å². The molecular weight excluding hydrogens is 266 g/mol. The number of carbonyl (C=O) groups excluding carboxylic acids is 2. The Morgan fingerprint density at radius 3 is 2.62 bits per heavy atom. The molecule has 0 aromatic carbocycles. The molecule has 2 rings (SSSR count). The Labute approximate surface area is 125 Å². The number of aromatic nitrogens is 1. The predicted molar refractivity (Wildman–Crippen MR) is 80.4 cm³/mol. The highest BCUT2D eigenvalue weighted by Gasteiger charge is 2.38. The van der Waals surface area contributed by atoms with Crippen LogP contribution in [0, 0.1) is 12.8 Å². The number of carbonyl (C=O) groups is 2. The van der Waals surface area contributed by atoms with E-state index in [1.165, 1.54) is 0 Å². The molecule has 1 N–H and O–H groups in total. The number of rotatable bonds is 4. The smallest absolute Gasteiger partial charge is 0.246 e. The number of amides is 2. The van der Waals surface area contributed by atoms with E-state index >= 15 is 0 Å². The summed E-state index contributed by atoms with van der Waals surface area (Å²) >= 11 is 0. The van der Waals surface area contributed by atoms with Crippen molar-refractivity contribution >= 4 is 11.8 Å². The molecular formula is C16H23N3O2. The van der Waals surface area contributed by atoms with Gasteiger partial charge >= 0.3 is 0 Å². The van der Waals surface area contributed by atoms with Crippen molar-refractivity contribution in [3.8, 4) is 0 Å². The number of hydrogen-bond acceptors (Lipinski definition) is 3. The lowest BCUT2D eigenvalue weighted by Crippen LogP contribution is -2.62. The van der Waals surface area contributed by atoms with Crippen molar-refractivity contribution in [2.45, 2.75) is 52.7 Å². The summed E-state index contributed by atoms with van der Waals surface area (Å²) in [5.41, 5.74) is 1.88. The Morgan fingerprint density at radius 2 is 2.05 bits per heavy atom. The Kier molecular flexibility index (Phi) is 4.60. The summed E-state index contributed by atoms with van der Waals surface area (Å²) in [7, 11) is 0. The monoisotopic (exact) mass is 289 g/mol. The first-order valence-corrected chi connectivity index (χ1v) is 7.41. The first-order chi connectivity index (χ1) is 9.88. The van der Waals surface area contributed by atoms with E-state index < -0.39 is 12.1 Å². The number of aryl methyl sites for hydroxylation is 1. The van der Waals surface area contributed by atoms with Crippen molar-refractivity contribution < 1.29 is 9.59 Å². The lowest BCUT2D eigenvalue weighted by Gasteiger charge is -2.38. The van der Waals surface area contributed by atoms with Crippen LogP contribution in [0.25, 0.3) is 0 Å². The summed E-state index contributed by atoms with van der Waals surface area (Å²) in [5.74, 6) is 0.271. The van der Waals surface area contributed by atoms with Crippen molar-refractivity contribution in [3.63, 3.8) is 0 Å². The van der Waals surface area contributed by atoms with E-state index in [0.29, 0.717) is 18.9 Å². The highest BCUT2D eigenvalue weighted by Crippen LogP contribution is 2.18. The summed E-state index contributed by atoms with van der Waals surface area (Å²) in [6, 6.07) is 3.01. The average Bonchev–Trinajstić information content (AvgIpc) is 2.42. The van der Waals surface area contributed by atoms with Crippen molar-refractivity contribution in [1.29, 1.82) is 0 Å². The van der Waals surface area contributed by atoms with Crippen LogP contribution in [0.5, 0.6) is 0 Å². The zero-order valence-corrected chi connectivity index (χ0v) is 13.1. The largest absolute Gasteiger partial charge is 0.343 e. The van der Waals surface area contributed by atoms with Gasteiger partial charge in [0.05, 0.1) is 0 Å². The zero-order chi connectivity index (χ0) is 15.6. The van der Waals surface area contributed by atoms with Gasteiger partial charge in [-0.25, -0.2) is 0 Å². The van der Waals surface area contributed by atoms with Crippen LogP contribution in [0.1, 0.15) is 38.4 Å². The van der Waals surface area contributed by atoms with E-state index in [1.54, 1.807) is 18.0 Å². The molecule has 2 heterocycles. The van der Waals surface area contributed by atoms with Crippen LogP contribution in [0.15, 0.2) is 18.3 Å². The fourth-order valence-corrected chi connectivity index (χ4v) is 2.52. The quantitative estimate of drug-likeness (QED) is 0.917. The van der Waals surface area contributed by atoms with Crippen LogP contribution in [0.4, 0.5) is 0 Å². The molecule has 2 atom stereocenters. The molecule has 0 aliphatic carbocycles. The van der Waals surface area contributed by atoms with Gasteiger partial charge in [-0.05, 0) is 37.8 Å². The van der Waals surface area contributed by atoms with Crippen LogP contribution in [-0.2, 0) is 16.1 Å². The van der Waals surface area contributed by atoms with E-state index in [-0.39, 0.29) is 11.8 Å². The van der Waals surface area contributed by atoms with Crippen LogP contribution in [0.3, 0.4) is 0 Å². The average molecular weight is 289 g/mol. The molecule has 1 aromatic heterocycles. The molecule has 1 saturated heterocycles.